The molecule has 0 saturated heterocycles. The van der Waals surface area contributed by atoms with Crippen LogP contribution in [-0.4, -0.2) is 52.3 Å². The van der Waals surface area contributed by atoms with Crippen LogP contribution in [0.15, 0.2) is 42.5 Å². The van der Waals surface area contributed by atoms with Crippen LogP contribution < -0.4 is 20.2 Å². The van der Waals surface area contributed by atoms with Crippen molar-refractivity contribution in [2.75, 3.05) is 32.6 Å². The zero-order valence-electron chi connectivity index (χ0n) is 20.7. The molecule has 0 aromatic heterocycles. The number of anilines is 1. The molecule has 0 bridgehead atoms. The predicted octanol–water partition coefficient (Wildman–Crippen LogP) is 4.17. The van der Waals surface area contributed by atoms with Gasteiger partial charge in [-0.05, 0) is 0 Å². The van der Waals surface area contributed by atoms with Gasteiger partial charge in [0.25, 0.3) is 0 Å². The molecule has 1 atom stereocenters. The zero-order chi connectivity index (χ0) is 26.4. The molecule has 3 aromatic carbocycles. The van der Waals surface area contributed by atoms with Crippen LogP contribution in [0.2, 0.25) is 0 Å². The Morgan fingerprint density at radius 3 is 2.31 bits per heavy atom. The Morgan fingerprint density at radius 2 is 1.69 bits per heavy atom. The summed E-state index contributed by atoms with van der Waals surface area (Å²) in [5.74, 6) is -2.68. The Labute approximate surface area is 215 Å². The summed E-state index contributed by atoms with van der Waals surface area (Å²) < 4.78 is 62.8. The number of rotatable bonds is 11. The second kappa shape index (κ2) is 12.5. The average molecular weight is 516 g/mol. The predicted molar refractivity (Wildman–Crippen MR) is 138 cm³/mol. The molecule has 0 saturated carbocycles. The molecule has 4 nitrogen and oxygen atoms in total. The number of nitrogens with two attached hydrogens (primary N) is 1. The van der Waals surface area contributed by atoms with Crippen molar-refractivity contribution in [2.24, 2.45) is 5.73 Å². The Balaban J connectivity index is 1.83. The van der Waals surface area contributed by atoms with Crippen LogP contribution in [0.5, 0.6) is 5.75 Å². The molecule has 190 valence electrons. The van der Waals surface area contributed by atoms with Crippen LogP contribution >= 0.6 is 0 Å². The molecular weight excluding hydrogens is 485 g/mol. The van der Waals surface area contributed by atoms with Gasteiger partial charge in [-0.15, -0.1) is 0 Å². The van der Waals surface area contributed by atoms with Gasteiger partial charge in [-0.3, -0.25) is 0 Å². The Bertz CT molecular complexity index is 1210. The SMILES string of the molecule is [CH2]=[Al][c]1cc(OCCN)cc(F)c1CN(C)[C@@H](C)c1ccc(Cc2c(F)cc(F)cc2F)cc1NC. The van der Waals surface area contributed by atoms with Gasteiger partial charge in [-0.1, -0.05) is 0 Å². The maximum absolute atomic E-state index is 15.0. The number of halogens is 4. The third kappa shape index (κ3) is 6.54. The van der Waals surface area contributed by atoms with Crippen molar-refractivity contribution in [1.82, 2.24) is 4.90 Å². The van der Waals surface area contributed by atoms with Gasteiger partial charge >= 0.3 is 184 Å². The van der Waals surface area contributed by atoms with E-state index in [4.69, 9.17) is 10.5 Å². The third-order valence-electron chi connectivity index (χ3n) is 6.20. The monoisotopic (exact) mass is 515 g/mol. The van der Waals surface area contributed by atoms with Crippen LogP contribution in [-0.2, 0) is 13.0 Å². The van der Waals surface area contributed by atoms with E-state index in [0.29, 0.717) is 48.7 Å². The summed E-state index contributed by atoms with van der Waals surface area (Å²) in [6.07, 6.45) is -0.0173. The molecule has 36 heavy (non-hydrogen) atoms. The van der Waals surface area contributed by atoms with Gasteiger partial charge in [0, 0.05) is 12.1 Å². The minimum absolute atomic E-state index is 0.0173. The van der Waals surface area contributed by atoms with E-state index in [0.717, 1.165) is 15.7 Å². The van der Waals surface area contributed by atoms with Gasteiger partial charge in [-0.25, -0.2) is 13.2 Å². The van der Waals surface area contributed by atoms with Gasteiger partial charge in [0.15, 0.2) is 0 Å². The standard InChI is InChI=1S/C26H28F4N3O.CH2.Al/c1-16(33(3)15-18-5-6-20(14-23(18)28)34-9-8-31)21-7-4-17(11-26(21)32-2)10-22-24(29)12-19(27)13-25(22)30;;/h4,6-7,11-14,16,32H,8-10,15,31H2,1-3H3;1H2;/t16-;;/m0../s1. The first kappa shape index (κ1) is 27.9. The van der Waals surface area contributed by atoms with Crippen LogP contribution in [0.3, 0.4) is 0 Å². The number of nitrogens with one attached hydrogen (secondary N) is 1. The normalized spacial score (nSPS) is 11.9. The van der Waals surface area contributed by atoms with E-state index < -0.39 is 17.5 Å². The number of hydrogen-bond acceptors (Lipinski definition) is 4. The van der Waals surface area contributed by atoms with Gasteiger partial charge in [-0.2, -0.15) is 0 Å². The Kier molecular flexibility index (Phi) is 9.69. The molecule has 0 aliphatic carbocycles. The van der Waals surface area contributed by atoms with E-state index in [1.807, 2.05) is 37.1 Å². The van der Waals surface area contributed by atoms with Gasteiger partial charge in [0.1, 0.15) is 5.82 Å². The van der Waals surface area contributed by atoms with Crippen molar-refractivity contribution in [2.45, 2.75) is 25.9 Å². The van der Waals surface area contributed by atoms with E-state index in [-0.39, 0.29) is 38.6 Å². The first-order chi connectivity index (χ1) is 17.2. The fourth-order valence-corrected chi connectivity index (χ4v) is 4.86. The fraction of sp³-hybridized carbons (Fsp3) is 0.296. The number of benzene rings is 3. The fourth-order valence-electron chi connectivity index (χ4n) is 4.10. The summed E-state index contributed by atoms with van der Waals surface area (Å²) >= 11 is -0.387. The van der Waals surface area contributed by atoms with Gasteiger partial charge < -0.3 is 0 Å². The van der Waals surface area contributed by atoms with Crippen molar-refractivity contribution in [1.29, 1.82) is 0 Å². The summed E-state index contributed by atoms with van der Waals surface area (Å²) in [5.41, 5.74) is 8.26. The minimum atomic E-state index is -0.949. The molecule has 0 aliphatic heterocycles. The summed E-state index contributed by atoms with van der Waals surface area (Å²) in [6, 6.07) is 9.95. The van der Waals surface area contributed by atoms with Crippen LogP contribution in [0.4, 0.5) is 23.2 Å². The summed E-state index contributed by atoms with van der Waals surface area (Å²) in [7, 11) is 3.67. The average Bonchev–Trinajstić information content (AvgIpc) is 2.85. The molecule has 3 rings (SSSR count). The quantitative estimate of drug-likeness (QED) is 0.298. The molecule has 0 heterocycles. The van der Waals surface area contributed by atoms with Crippen molar-refractivity contribution < 1.29 is 22.3 Å². The maximum atomic E-state index is 15.0. The molecule has 9 heteroatoms. The number of ether oxygens (including phenoxy) is 1. The molecule has 0 unspecified atom stereocenters. The second-order valence-corrected chi connectivity index (χ2v) is 9.63. The van der Waals surface area contributed by atoms with E-state index >= 15 is 0 Å². The van der Waals surface area contributed by atoms with Gasteiger partial charge in [0.05, 0.1) is 0 Å². The molecule has 0 amide bonds. The third-order valence-corrected chi connectivity index (χ3v) is 7.16. The topological polar surface area (TPSA) is 50.5 Å². The number of nitrogens with zero attached hydrogens (tertiary/aromatic N) is 1. The molecule has 3 aromatic rings. The van der Waals surface area contributed by atoms with Crippen molar-refractivity contribution in [3.05, 3.63) is 88.0 Å². The van der Waals surface area contributed by atoms with Crippen molar-refractivity contribution in [3.63, 3.8) is 0 Å². The molecule has 3 N–H and O–H groups in total. The Morgan fingerprint density at radius 1 is 1.03 bits per heavy atom. The van der Waals surface area contributed by atoms with E-state index in [1.54, 1.807) is 13.1 Å². The summed E-state index contributed by atoms with van der Waals surface area (Å²) in [4.78, 5) is 2.02. The van der Waals surface area contributed by atoms with Crippen LogP contribution in [0.1, 0.15) is 35.2 Å². The van der Waals surface area contributed by atoms with E-state index in [9.17, 15) is 17.6 Å². The van der Waals surface area contributed by atoms with E-state index in [2.05, 4.69) is 10.7 Å². The van der Waals surface area contributed by atoms with Crippen molar-refractivity contribution in [3.8, 4) is 5.75 Å². The summed E-state index contributed by atoms with van der Waals surface area (Å²) in [6.45, 7) is 3.02. The van der Waals surface area contributed by atoms with Crippen molar-refractivity contribution >= 4 is 30.3 Å². The first-order valence-electron chi connectivity index (χ1n) is 11.6. The van der Waals surface area contributed by atoms with Crippen LogP contribution in [0.25, 0.3) is 0 Å². The molecule has 0 fully saturated rings. The first-order valence-corrected chi connectivity index (χ1v) is 13.0. The zero-order valence-corrected chi connectivity index (χ0v) is 21.8. The molecule has 0 spiro atoms. The van der Waals surface area contributed by atoms with Crippen LogP contribution in [0, 0.1) is 23.3 Å². The summed E-state index contributed by atoms with van der Waals surface area (Å²) in [5, 5.41) is 7.15. The van der Waals surface area contributed by atoms with E-state index in [1.165, 1.54) is 6.07 Å². The van der Waals surface area contributed by atoms with Gasteiger partial charge in [0.2, 0.25) is 0 Å². The number of hydrogen-bond donors (Lipinski definition) is 2. The Hall–Kier alpha value is -2.70. The molecular formula is C27H30AlF4N3O. The second-order valence-electron chi connectivity index (χ2n) is 8.60. The molecule has 0 radical (unpaired) electrons. The molecule has 0 aliphatic rings.